The Bertz CT molecular complexity index is 221. The molecule has 0 aromatic rings. The van der Waals surface area contributed by atoms with Crippen molar-refractivity contribution in [3.05, 3.63) is 25.3 Å². The van der Waals surface area contributed by atoms with Crippen LogP contribution in [0.5, 0.6) is 0 Å². The second kappa shape index (κ2) is 6.17. The maximum Gasteiger partial charge on any atom is 0.243 e. The maximum atomic E-state index is 10.8. The Morgan fingerprint density at radius 1 is 1.38 bits per heavy atom. The Labute approximate surface area is 78.5 Å². The molecule has 0 fully saturated rings. The van der Waals surface area contributed by atoms with Crippen LogP contribution in [0.1, 0.15) is 19.8 Å². The molecular formula is C10H15NO2. The number of carbonyl (C=O) groups excluding carboxylic acids is 2. The fourth-order valence-electron chi connectivity index (χ4n) is 0.835. The molecule has 0 saturated carbocycles. The molecule has 0 aromatic carbocycles. The van der Waals surface area contributed by atoms with Gasteiger partial charge in [-0.05, 0) is 25.5 Å². The molecule has 0 saturated heterocycles. The summed E-state index contributed by atoms with van der Waals surface area (Å²) < 4.78 is 0. The summed E-state index contributed by atoms with van der Waals surface area (Å²) in [5.41, 5.74) is 0. The number of ketones is 1. The zero-order valence-corrected chi connectivity index (χ0v) is 7.88. The predicted octanol–water partition coefficient (Wildman–Crippen LogP) is 1.21. The van der Waals surface area contributed by atoms with Gasteiger partial charge in [0, 0.05) is 12.5 Å². The van der Waals surface area contributed by atoms with Crippen molar-refractivity contribution < 1.29 is 9.59 Å². The summed E-state index contributed by atoms with van der Waals surface area (Å²) >= 11 is 0. The fourth-order valence-corrected chi connectivity index (χ4v) is 0.835. The van der Waals surface area contributed by atoms with Crippen molar-refractivity contribution in [1.82, 2.24) is 5.32 Å². The number of amides is 1. The van der Waals surface area contributed by atoms with Gasteiger partial charge in [-0.2, -0.15) is 0 Å². The molecule has 13 heavy (non-hydrogen) atoms. The first-order valence-electron chi connectivity index (χ1n) is 4.18. The number of hydrogen-bond donors (Lipinski definition) is 1. The van der Waals surface area contributed by atoms with Crippen molar-refractivity contribution in [3.8, 4) is 0 Å². The fraction of sp³-hybridized carbons (Fsp3) is 0.400. The lowest BCUT2D eigenvalue weighted by atomic mass is 10.1. The van der Waals surface area contributed by atoms with Crippen molar-refractivity contribution in [3.63, 3.8) is 0 Å². The van der Waals surface area contributed by atoms with E-state index >= 15 is 0 Å². The van der Waals surface area contributed by atoms with Crippen LogP contribution in [0.15, 0.2) is 25.3 Å². The second-order valence-electron chi connectivity index (χ2n) is 2.82. The van der Waals surface area contributed by atoms with Gasteiger partial charge in [0.15, 0.2) is 5.78 Å². The van der Waals surface area contributed by atoms with Crippen molar-refractivity contribution in [1.29, 1.82) is 0 Å². The predicted molar refractivity (Wildman–Crippen MR) is 52.2 cm³/mol. The minimum Gasteiger partial charge on any atom is -0.350 e. The molecule has 1 unspecified atom stereocenters. The lowest BCUT2D eigenvalue weighted by molar-refractivity contribution is -0.118. The summed E-state index contributed by atoms with van der Waals surface area (Å²) in [6, 6.07) is -0.00519. The van der Waals surface area contributed by atoms with Gasteiger partial charge in [0.05, 0.1) is 0 Å². The van der Waals surface area contributed by atoms with Crippen LogP contribution in [-0.4, -0.2) is 17.7 Å². The average molecular weight is 181 g/mol. The first-order valence-corrected chi connectivity index (χ1v) is 4.18. The first-order chi connectivity index (χ1) is 6.10. The lowest BCUT2D eigenvalue weighted by Crippen LogP contribution is -2.31. The van der Waals surface area contributed by atoms with Crippen molar-refractivity contribution in [2.24, 2.45) is 0 Å². The van der Waals surface area contributed by atoms with Gasteiger partial charge in [-0.25, -0.2) is 0 Å². The highest BCUT2D eigenvalue weighted by atomic mass is 16.1. The standard InChI is InChI=1S/C10H15NO2/c1-4-9(12)7-6-8(3)11-10(13)5-2/h4-5,8H,1-2,6-7H2,3H3,(H,11,13). The largest absolute Gasteiger partial charge is 0.350 e. The van der Waals surface area contributed by atoms with E-state index in [4.69, 9.17) is 0 Å². The van der Waals surface area contributed by atoms with E-state index in [0.29, 0.717) is 12.8 Å². The van der Waals surface area contributed by atoms with Crippen LogP contribution in [0.2, 0.25) is 0 Å². The highest BCUT2D eigenvalue weighted by molar-refractivity contribution is 5.89. The van der Waals surface area contributed by atoms with Gasteiger partial charge in [-0.3, -0.25) is 9.59 Å². The number of rotatable bonds is 6. The molecule has 3 nitrogen and oxygen atoms in total. The van der Waals surface area contributed by atoms with Gasteiger partial charge < -0.3 is 5.32 Å². The van der Waals surface area contributed by atoms with E-state index in [9.17, 15) is 9.59 Å². The monoisotopic (exact) mass is 181 g/mol. The second-order valence-corrected chi connectivity index (χ2v) is 2.82. The van der Waals surface area contributed by atoms with Gasteiger partial charge in [0.2, 0.25) is 5.91 Å². The number of hydrogen-bond acceptors (Lipinski definition) is 2. The molecule has 1 amide bonds. The van der Waals surface area contributed by atoms with E-state index in [1.807, 2.05) is 6.92 Å². The van der Waals surface area contributed by atoms with Crippen molar-refractivity contribution in [2.75, 3.05) is 0 Å². The summed E-state index contributed by atoms with van der Waals surface area (Å²) in [5, 5.41) is 2.67. The molecule has 0 heterocycles. The van der Waals surface area contributed by atoms with E-state index < -0.39 is 0 Å². The highest BCUT2D eigenvalue weighted by Gasteiger charge is 2.05. The molecule has 0 aliphatic rings. The van der Waals surface area contributed by atoms with Crippen molar-refractivity contribution in [2.45, 2.75) is 25.8 Å². The van der Waals surface area contributed by atoms with E-state index in [2.05, 4.69) is 18.5 Å². The van der Waals surface area contributed by atoms with Gasteiger partial charge in [-0.1, -0.05) is 13.2 Å². The Balaban J connectivity index is 3.68. The minimum absolute atomic E-state index is 0.000276. The quantitative estimate of drug-likeness (QED) is 0.626. The molecule has 0 radical (unpaired) electrons. The summed E-state index contributed by atoms with van der Waals surface area (Å²) in [5.74, 6) is -0.210. The molecule has 0 rings (SSSR count). The smallest absolute Gasteiger partial charge is 0.243 e. The average Bonchev–Trinajstić information content (AvgIpc) is 2.13. The topological polar surface area (TPSA) is 46.2 Å². The van der Waals surface area contributed by atoms with Crippen LogP contribution in [0.3, 0.4) is 0 Å². The molecule has 0 aliphatic heterocycles. The number of allylic oxidation sites excluding steroid dienone is 1. The molecule has 0 aromatic heterocycles. The lowest BCUT2D eigenvalue weighted by Gasteiger charge is -2.10. The van der Waals surface area contributed by atoms with E-state index in [0.717, 1.165) is 0 Å². The molecule has 0 bridgehead atoms. The molecule has 1 atom stereocenters. The summed E-state index contributed by atoms with van der Waals surface area (Å²) in [6.45, 7) is 8.54. The van der Waals surface area contributed by atoms with Crippen LogP contribution >= 0.6 is 0 Å². The highest BCUT2D eigenvalue weighted by Crippen LogP contribution is 1.97. The van der Waals surface area contributed by atoms with Gasteiger partial charge in [0.25, 0.3) is 0 Å². The third kappa shape index (κ3) is 5.84. The zero-order valence-electron chi connectivity index (χ0n) is 7.88. The van der Waals surface area contributed by atoms with Crippen molar-refractivity contribution >= 4 is 11.7 Å². The first kappa shape index (κ1) is 11.6. The minimum atomic E-state index is -0.210. The maximum absolute atomic E-state index is 10.8. The Hall–Kier alpha value is -1.38. The van der Waals surface area contributed by atoms with Gasteiger partial charge in [0.1, 0.15) is 0 Å². The summed E-state index contributed by atoms with van der Waals surface area (Å²) in [6.07, 6.45) is 3.56. The van der Waals surface area contributed by atoms with Gasteiger partial charge >= 0.3 is 0 Å². The van der Waals surface area contributed by atoms with Crippen LogP contribution < -0.4 is 5.32 Å². The molecule has 1 N–H and O–H groups in total. The Kier molecular flexibility index (Phi) is 5.52. The molecule has 3 heteroatoms. The van der Waals surface area contributed by atoms with Crippen LogP contribution in [0.4, 0.5) is 0 Å². The van der Waals surface area contributed by atoms with E-state index in [1.54, 1.807) is 0 Å². The summed E-state index contributed by atoms with van der Waals surface area (Å²) in [4.78, 5) is 21.6. The Morgan fingerprint density at radius 2 is 2.00 bits per heavy atom. The van der Waals surface area contributed by atoms with E-state index in [-0.39, 0.29) is 17.7 Å². The molecular weight excluding hydrogens is 166 g/mol. The number of nitrogens with one attached hydrogen (secondary N) is 1. The molecule has 0 aliphatic carbocycles. The SMILES string of the molecule is C=CC(=O)CCC(C)NC(=O)C=C. The molecule has 72 valence electrons. The molecule has 0 spiro atoms. The third-order valence-electron chi connectivity index (χ3n) is 1.63. The summed E-state index contributed by atoms with van der Waals surface area (Å²) in [7, 11) is 0. The normalized spacial score (nSPS) is 11.5. The van der Waals surface area contributed by atoms with Gasteiger partial charge in [-0.15, -0.1) is 0 Å². The zero-order chi connectivity index (χ0) is 10.3. The van der Waals surface area contributed by atoms with Crippen LogP contribution in [0, 0.1) is 0 Å². The number of carbonyl (C=O) groups is 2. The Morgan fingerprint density at radius 3 is 2.46 bits per heavy atom. The third-order valence-corrected chi connectivity index (χ3v) is 1.63. The van der Waals surface area contributed by atoms with Crippen LogP contribution in [-0.2, 0) is 9.59 Å². The van der Waals surface area contributed by atoms with Crippen LogP contribution in [0.25, 0.3) is 0 Å². The van der Waals surface area contributed by atoms with E-state index in [1.165, 1.54) is 12.2 Å².